The van der Waals surface area contributed by atoms with E-state index in [2.05, 4.69) is 36.0 Å². The van der Waals surface area contributed by atoms with Crippen LogP contribution >= 0.6 is 11.8 Å². The minimum atomic E-state index is -0.174. The number of hydrogen-bond donors (Lipinski definition) is 1. The summed E-state index contributed by atoms with van der Waals surface area (Å²) in [5, 5.41) is 29.3. The Balaban J connectivity index is 2.10. The molecule has 6 nitrogen and oxygen atoms in total. The fourth-order valence-electron chi connectivity index (χ4n) is 2.84. The number of hydrogen-bond acceptors (Lipinski definition) is 6. The van der Waals surface area contributed by atoms with E-state index in [9.17, 15) is 15.6 Å². The molecule has 1 N–H and O–H groups in total. The molecule has 0 atom stereocenters. The quantitative estimate of drug-likeness (QED) is 0.688. The Hall–Kier alpha value is -3.13. The molecule has 0 saturated heterocycles. The predicted molar refractivity (Wildman–Crippen MR) is 106 cm³/mol. The summed E-state index contributed by atoms with van der Waals surface area (Å²) in [6.07, 6.45) is 3.47. The largest absolute Gasteiger partial charge is 0.388 e. The molecule has 0 fully saturated rings. The Bertz CT molecular complexity index is 1030. The van der Waals surface area contributed by atoms with Gasteiger partial charge in [0.05, 0.1) is 35.5 Å². The first-order valence-corrected chi connectivity index (χ1v) is 9.59. The van der Waals surface area contributed by atoms with E-state index in [4.69, 9.17) is 0 Å². The van der Waals surface area contributed by atoms with Crippen molar-refractivity contribution in [1.29, 1.82) is 10.5 Å². The molecule has 3 rings (SSSR count). The molecule has 0 unspecified atom stereocenters. The van der Waals surface area contributed by atoms with E-state index in [1.165, 1.54) is 11.8 Å². The summed E-state index contributed by atoms with van der Waals surface area (Å²) in [6.45, 7) is 4.48. The Morgan fingerprint density at radius 3 is 2.29 bits per heavy atom. The van der Waals surface area contributed by atoms with Gasteiger partial charge >= 0.3 is 0 Å². The van der Waals surface area contributed by atoms with Crippen LogP contribution in [0.5, 0.6) is 0 Å². The number of aliphatic hydroxyl groups is 1. The van der Waals surface area contributed by atoms with Gasteiger partial charge in [-0.25, -0.2) is 4.98 Å². The van der Waals surface area contributed by atoms with E-state index in [1.54, 1.807) is 30.6 Å². The number of nitriles is 2. The summed E-state index contributed by atoms with van der Waals surface area (Å²) >= 11 is 1.46. The molecular formula is C21H19N5OS. The van der Waals surface area contributed by atoms with Gasteiger partial charge in [-0.05, 0) is 41.8 Å². The van der Waals surface area contributed by atoms with Crippen LogP contribution in [0.15, 0.2) is 52.6 Å². The Labute approximate surface area is 168 Å². The second-order valence-corrected chi connectivity index (χ2v) is 7.61. The molecule has 0 saturated carbocycles. The molecule has 0 aliphatic heterocycles. The number of imidazole rings is 1. The van der Waals surface area contributed by atoms with Crippen molar-refractivity contribution in [3.63, 3.8) is 0 Å². The van der Waals surface area contributed by atoms with Crippen molar-refractivity contribution in [2.45, 2.75) is 42.8 Å². The highest BCUT2D eigenvalue weighted by atomic mass is 32.2. The van der Waals surface area contributed by atoms with Crippen molar-refractivity contribution in [2.24, 2.45) is 0 Å². The lowest BCUT2D eigenvalue weighted by Gasteiger charge is -2.13. The van der Waals surface area contributed by atoms with E-state index >= 15 is 0 Å². The van der Waals surface area contributed by atoms with E-state index in [1.807, 2.05) is 16.7 Å². The first-order valence-electron chi connectivity index (χ1n) is 8.78. The van der Waals surface area contributed by atoms with Crippen molar-refractivity contribution in [2.75, 3.05) is 0 Å². The zero-order valence-electron chi connectivity index (χ0n) is 15.6. The molecule has 0 radical (unpaired) electrons. The number of rotatable bonds is 6. The van der Waals surface area contributed by atoms with Gasteiger partial charge in [0.1, 0.15) is 17.5 Å². The third-order valence-corrected chi connectivity index (χ3v) is 5.28. The standard InChI is InChI=1S/C21H19N5OS/c1-14(2)20-21(28-18-8-16(10-22)7-17(9-18)11-23)26(19(13-27)25-20)12-15-3-5-24-6-4-15/h3-9,14,27H,12-13H2,1-2H3. The average molecular weight is 389 g/mol. The topological polar surface area (TPSA) is 98.5 Å². The molecule has 28 heavy (non-hydrogen) atoms. The third kappa shape index (κ3) is 4.23. The molecule has 3 aromatic rings. The summed E-state index contributed by atoms with van der Waals surface area (Å²) in [4.78, 5) is 9.49. The van der Waals surface area contributed by atoms with Crippen LogP contribution in [0.4, 0.5) is 0 Å². The maximum atomic E-state index is 9.86. The van der Waals surface area contributed by atoms with Crippen LogP contribution in [-0.2, 0) is 13.2 Å². The summed E-state index contributed by atoms with van der Waals surface area (Å²) < 4.78 is 1.99. The first kappa shape index (κ1) is 19.6. The van der Waals surface area contributed by atoms with Crippen molar-refractivity contribution in [3.8, 4) is 12.1 Å². The molecule has 140 valence electrons. The molecule has 0 amide bonds. The lowest BCUT2D eigenvalue weighted by Crippen LogP contribution is -2.07. The average Bonchev–Trinajstić information content (AvgIpc) is 3.05. The summed E-state index contributed by atoms with van der Waals surface area (Å²) in [6, 6.07) is 13.1. The van der Waals surface area contributed by atoms with Crippen molar-refractivity contribution < 1.29 is 5.11 Å². The summed E-state index contributed by atoms with van der Waals surface area (Å²) in [5.74, 6) is 0.737. The number of nitrogens with zero attached hydrogens (tertiary/aromatic N) is 5. The van der Waals surface area contributed by atoms with Crippen LogP contribution in [0.1, 0.15) is 48.0 Å². The molecule has 7 heteroatoms. The van der Waals surface area contributed by atoms with Crippen LogP contribution in [0.25, 0.3) is 0 Å². The Kier molecular flexibility index (Phi) is 6.10. The monoisotopic (exact) mass is 389 g/mol. The smallest absolute Gasteiger partial charge is 0.136 e. The number of pyridine rings is 1. The summed E-state index contributed by atoms with van der Waals surface area (Å²) in [5.41, 5.74) is 2.80. The lowest BCUT2D eigenvalue weighted by molar-refractivity contribution is 0.265. The SMILES string of the molecule is CC(C)c1nc(CO)n(Cc2ccncc2)c1Sc1cc(C#N)cc(C#N)c1. The van der Waals surface area contributed by atoms with Crippen LogP contribution in [-0.4, -0.2) is 19.6 Å². The summed E-state index contributed by atoms with van der Waals surface area (Å²) in [7, 11) is 0. The van der Waals surface area contributed by atoms with E-state index in [-0.39, 0.29) is 12.5 Å². The van der Waals surface area contributed by atoms with Crippen LogP contribution in [0.3, 0.4) is 0 Å². The fraction of sp³-hybridized carbons (Fsp3) is 0.238. The van der Waals surface area contributed by atoms with Crippen LogP contribution in [0, 0.1) is 22.7 Å². The van der Waals surface area contributed by atoms with Gasteiger partial charge in [-0.2, -0.15) is 10.5 Å². The first-order chi connectivity index (χ1) is 13.5. The molecule has 0 aliphatic carbocycles. The van der Waals surface area contributed by atoms with E-state index in [0.29, 0.717) is 23.5 Å². The van der Waals surface area contributed by atoms with Crippen molar-refractivity contribution >= 4 is 11.8 Å². The normalized spacial score (nSPS) is 10.6. The minimum Gasteiger partial charge on any atom is -0.388 e. The van der Waals surface area contributed by atoms with Gasteiger partial charge in [-0.15, -0.1) is 0 Å². The van der Waals surface area contributed by atoms with E-state index in [0.717, 1.165) is 21.2 Å². The molecule has 0 spiro atoms. The highest BCUT2D eigenvalue weighted by Gasteiger charge is 2.20. The Morgan fingerprint density at radius 2 is 1.75 bits per heavy atom. The van der Waals surface area contributed by atoms with Gasteiger partial charge in [0.2, 0.25) is 0 Å². The highest BCUT2D eigenvalue weighted by molar-refractivity contribution is 7.99. The van der Waals surface area contributed by atoms with Crippen LogP contribution in [0.2, 0.25) is 0 Å². The van der Waals surface area contributed by atoms with E-state index < -0.39 is 0 Å². The second-order valence-electron chi connectivity index (χ2n) is 6.54. The molecule has 0 bridgehead atoms. The van der Waals surface area contributed by atoms with Gasteiger partial charge in [0, 0.05) is 17.3 Å². The Morgan fingerprint density at radius 1 is 1.11 bits per heavy atom. The second kappa shape index (κ2) is 8.71. The van der Waals surface area contributed by atoms with Gasteiger partial charge < -0.3 is 9.67 Å². The van der Waals surface area contributed by atoms with Gasteiger partial charge in [-0.3, -0.25) is 4.98 Å². The van der Waals surface area contributed by atoms with Gasteiger partial charge in [-0.1, -0.05) is 25.6 Å². The van der Waals surface area contributed by atoms with Crippen LogP contribution < -0.4 is 0 Å². The van der Waals surface area contributed by atoms with Crippen molar-refractivity contribution in [1.82, 2.24) is 14.5 Å². The maximum Gasteiger partial charge on any atom is 0.136 e. The highest BCUT2D eigenvalue weighted by Crippen LogP contribution is 2.36. The fourth-order valence-corrected chi connectivity index (χ4v) is 4.10. The molecule has 2 aromatic heterocycles. The van der Waals surface area contributed by atoms with Crippen molar-refractivity contribution in [3.05, 3.63) is 70.9 Å². The molecule has 1 aromatic carbocycles. The zero-order valence-corrected chi connectivity index (χ0v) is 16.4. The van der Waals surface area contributed by atoms with Gasteiger partial charge in [0.15, 0.2) is 0 Å². The third-order valence-electron chi connectivity index (χ3n) is 4.18. The van der Waals surface area contributed by atoms with Gasteiger partial charge in [0.25, 0.3) is 0 Å². The maximum absolute atomic E-state index is 9.86. The lowest BCUT2D eigenvalue weighted by atomic mass is 10.1. The molecular weight excluding hydrogens is 370 g/mol. The number of aliphatic hydroxyl groups excluding tert-OH is 1. The minimum absolute atomic E-state index is 0.154. The molecule has 0 aliphatic rings. The molecule has 2 heterocycles. The zero-order chi connectivity index (χ0) is 20.1. The number of aromatic nitrogens is 3. The predicted octanol–water partition coefficient (Wildman–Crippen LogP) is 3.84. The number of benzene rings is 1.